The zero-order valence-corrected chi connectivity index (χ0v) is 12.2. The lowest BCUT2D eigenvalue weighted by molar-refractivity contribution is 0.312. The molecule has 1 heterocycles. The fraction of sp³-hybridized carbons (Fsp3) is 0.733. The van der Waals surface area contributed by atoms with Gasteiger partial charge >= 0.3 is 0 Å². The van der Waals surface area contributed by atoms with Gasteiger partial charge in [-0.05, 0) is 31.6 Å². The molecule has 1 aromatic heterocycles. The summed E-state index contributed by atoms with van der Waals surface area (Å²) in [5.74, 6) is 2.32. The molecule has 0 amide bonds. The first-order valence-electron chi connectivity index (χ1n) is 7.62. The Morgan fingerprint density at radius 3 is 2.63 bits per heavy atom. The van der Waals surface area contributed by atoms with Crippen LogP contribution in [-0.2, 0) is 6.42 Å². The van der Waals surface area contributed by atoms with Crippen LogP contribution in [0.1, 0.15) is 57.9 Å². The lowest BCUT2D eigenvalue weighted by Gasteiger charge is -2.31. The van der Waals surface area contributed by atoms with E-state index in [4.69, 9.17) is 5.73 Å². The monoisotopic (exact) mass is 262 g/mol. The van der Waals surface area contributed by atoms with Crippen molar-refractivity contribution in [3.63, 3.8) is 0 Å². The standard InChI is InChI=1S/C15H26N4/c1-3-12-14(16)17-10-18-15(12)19-13(4-2)11-8-6-5-7-9-11/h10-11,13H,3-9H2,1-2H3,(H3,16,17,18,19). The van der Waals surface area contributed by atoms with Crippen LogP contribution >= 0.6 is 0 Å². The highest BCUT2D eigenvalue weighted by atomic mass is 15.1. The van der Waals surface area contributed by atoms with E-state index in [1.54, 1.807) is 6.33 Å². The summed E-state index contributed by atoms with van der Waals surface area (Å²) in [6.45, 7) is 4.35. The maximum Gasteiger partial charge on any atom is 0.134 e. The fourth-order valence-corrected chi connectivity index (χ4v) is 3.16. The molecule has 1 aliphatic rings. The number of nitrogens with one attached hydrogen (secondary N) is 1. The highest BCUT2D eigenvalue weighted by Gasteiger charge is 2.23. The first-order chi connectivity index (χ1) is 9.26. The molecule has 2 rings (SSSR count). The van der Waals surface area contributed by atoms with Crippen LogP contribution in [0.2, 0.25) is 0 Å². The third-order valence-electron chi connectivity index (χ3n) is 4.31. The van der Waals surface area contributed by atoms with Gasteiger partial charge in [0.2, 0.25) is 0 Å². The predicted molar refractivity (Wildman–Crippen MR) is 80.1 cm³/mol. The van der Waals surface area contributed by atoms with Crippen LogP contribution in [0.5, 0.6) is 0 Å². The second kappa shape index (κ2) is 6.73. The van der Waals surface area contributed by atoms with E-state index in [9.17, 15) is 0 Å². The van der Waals surface area contributed by atoms with E-state index in [1.807, 2.05) is 0 Å². The number of hydrogen-bond acceptors (Lipinski definition) is 4. The summed E-state index contributed by atoms with van der Waals surface area (Å²) in [7, 11) is 0. The Bertz CT molecular complexity index is 399. The number of aromatic nitrogens is 2. The third kappa shape index (κ3) is 3.37. The van der Waals surface area contributed by atoms with Gasteiger partial charge in [0, 0.05) is 11.6 Å². The van der Waals surface area contributed by atoms with Crippen molar-refractivity contribution in [2.24, 2.45) is 5.92 Å². The average molecular weight is 262 g/mol. The minimum absolute atomic E-state index is 0.514. The minimum Gasteiger partial charge on any atom is -0.383 e. The number of nitrogens with zero attached hydrogens (tertiary/aromatic N) is 2. The van der Waals surface area contributed by atoms with Gasteiger partial charge < -0.3 is 11.1 Å². The molecule has 0 saturated heterocycles. The molecule has 0 spiro atoms. The minimum atomic E-state index is 0.514. The zero-order valence-electron chi connectivity index (χ0n) is 12.2. The van der Waals surface area contributed by atoms with Gasteiger partial charge in [0.15, 0.2) is 0 Å². The van der Waals surface area contributed by atoms with Crippen LogP contribution in [0.4, 0.5) is 11.6 Å². The highest BCUT2D eigenvalue weighted by Crippen LogP contribution is 2.30. The molecular formula is C15H26N4. The van der Waals surface area contributed by atoms with Crippen molar-refractivity contribution < 1.29 is 0 Å². The maximum absolute atomic E-state index is 5.94. The SMILES string of the molecule is CCc1c(N)ncnc1NC(CC)C1CCCCC1. The lowest BCUT2D eigenvalue weighted by Crippen LogP contribution is -2.31. The number of hydrogen-bond donors (Lipinski definition) is 2. The second-order valence-corrected chi connectivity index (χ2v) is 5.50. The van der Waals surface area contributed by atoms with Crippen molar-refractivity contribution in [2.45, 2.75) is 64.8 Å². The molecule has 4 nitrogen and oxygen atoms in total. The molecule has 1 aromatic rings. The molecule has 0 bridgehead atoms. The van der Waals surface area contributed by atoms with Crippen molar-refractivity contribution >= 4 is 11.6 Å². The second-order valence-electron chi connectivity index (χ2n) is 5.50. The number of rotatable bonds is 5. The molecule has 1 fully saturated rings. The summed E-state index contributed by atoms with van der Waals surface area (Å²) in [5, 5.41) is 3.63. The smallest absolute Gasteiger partial charge is 0.134 e. The summed E-state index contributed by atoms with van der Waals surface area (Å²) < 4.78 is 0. The van der Waals surface area contributed by atoms with Gasteiger partial charge in [0.1, 0.15) is 18.0 Å². The molecule has 1 unspecified atom stereocenters. The van der Waals surface area contributed by atoms with Gasteiger partial charge in [-0.25, -0.2) is 9.97 Å². The van der Waals surface area contributed by atoms with Gasteiger partial charge in [-0.1, -0.05) is 33.1 Å². The molecule has 19 heavy (non-hydrogen) atoms. The van der Waals surface area contributed by atoms with Crippen LogP contribution < -0.4 is 11.1 Å². The molecule has 1 atom stereocenters. The summed E-state index contributed by atoms with van der Waals surface area (Å²) in [6, 6.07) is 0.514. The molecule has 0 aromatic carbocycles. The maximum atomic E-state index is 5.94. The normalized spacial score (nSPS) is 18.2. The van der Waals surface area contributed by atoms with Crippen LogP contribution in [0.3, 0.4) is 0 Å². The van der Waals surface area contributed by atoms with E-state index >= 15 is 0 Å². The number of nitrogen functional groups attached to an aromatic ring is 1. The quantitative estimate of drug-likeness (QED) is 0.853. The third-order valence-corrected chi connectivity index (χ3v) is 4.31. The van der Waals surface area contributed by atoms with Gasteiger partial charge in [-0.3, -0.25) is 0 Å². The molecular weight excluding hydrogens is 236 g/mol. The van der Waals surface area contributed by atoms with Crippen molar-refractivity contribution in [1.82, 2.24) is 9.97 Å². The largest absolute Gasteiger partial charge is 0.383 e. The number of nitrogens with two attached hydrogens (primary N) is 1. The molecule has 0 radical (unpaired) electrons. The van der Waals surface area contributed by atoms with E-state index in [-0.39, 0.29) is 0 Å². The summed E-state index contributed by atoms with van der Waals surface area (Å²) in [4.78, 5) is 8.47. The molecule has 4 heteroatoms. The average Bonchev–Trinajstić information content (AvgIpc) is 2.46. The highest BCUT2D eigenvalue weighted by molar-refractivity contribution is 5.55. The lowest BCUT2D eigenvalue weighted by atomic mass is 9.83. The number of anilines is 2. The molecule has 0 aliphatic heterocycles. The van der Waals surface area contributed by atoms with Crippen LogP contribution in [0, 0.1) is 5.92 Å². The molecule has 1 aliphatic carbocycles. The first-order valence-corrected chi connectivity index (χ1v) is 7.62. The Labute approximate surface area is 116 Å². The van der Waals surface area contributed by atoms with E-state index in [0.29, 0.717) is 11.9 Å². The Hall–Kier alpha value is -1.32. The summed E-state index contributed by atoms with van der Waals surface area (Å²) in [5.41, 5.74) is 6.99. The van der Waals surface area contributed by atoms with Gasteiger partial charge in [-0.2, -0.15) is 0 Å². The van der Waals surface area contributed by atoms with E-state index < -0.39 is 0 Å². The van der Waals surface area contributed by atoms with Crippen molar-refractivity contribution in [2.75, 3.05) is 11.1 Å². The first kappa shape index (κ1) is 14.1. The summed E-state index contributed by atoms with van der Waals surface area (Å²) >= 11 is 0. The Morgan fingerprint density at radius 1 is 1.26 bits per heavy atom. The van der Waals surface area contributed by atoms with Gasteiger partial charge in [0.25, 0.3) is 0 Å². The van der Waals surface area contributed by atoms with Crippen LogP contribution in [0.15, 0.2) is 6.33 Å². The fourth-order valence-electron chi connectivity index (χ4n) is 3.16. The molecule has 3 N–H and O–H groups in total. The predicted octanol–water partition coefficient (Wildman–Crippen LogP) is 3.39. The molecule has 106 valence electrons. The van der Waals surface area contributed by atoms with Gasteiger partial charge in [0.05, 0.1) is 0 Å². The van der Waals surface area contributed by atoms with E-state index in [0.717, 1.165) is 30.1 Å². The van der Waals surface area contributed by atoms with E-state index in [1.165, 1.54) is 32.1 Å². The Balaban J connectivity index is 2.11. The van der Waals surface area contributed by atoms with Gasteiger partial charge in [-0.15, -0.1) is 0 Å². The van der Waals surface area contributed by atoms with Crippen molar-refractivity contribution in [3.05, 3.63) is 11.9 Å². The van der Waals surface area contributed by atoms with Crippen molar-refractivity contribution in [3.8, 4) is 0 Å². The topological polar surface area (TPSA) is 63.8 Å². The van der Waals surface area contributed by atoms with Crippen LogP contribution in [-0.4, -0.2) is 16.0 Å². The van der Waals surface area contributed by atoms with Crippen LogP contribution in [0.25, 0.3) is 0 Å². The van der Waals surface area contributed by atoms with Crippen molar-refractivity contribution in [1.29, 1.82) is 0 Å². The zero-order chi connectivity index (χ0) is 13.7. The Kier molecular flexibility index (Phi) is 5.00. The molecule has 1 saturated carbocycles. The summed E-state index contributed by atoms with van der Waals surface area (Å²) in [6.07, 6.45) is 10.4. The Morgan fingerprint density at radius 2 is 2.00 bits per heavy atom. The van der Waals surface area contributed by atoms with E-state index in [2.05, 4.69) is 29.1 Å².